The first-order chi connectivity index (χ1) is 12.2. The molecule has 1 aliphatic carbocycles. The van der Waals surface area contributed by atoms with Gasteiger partial charge in [0, 0.05) is 38.6 Å². The fraction of sp³-hybridized carbons (Fsp3) is 0.778. The van der Waals surface area contributed by atoms with E-state index in [2.05, 4.69) is 15.1 Å². The molecule has 7 nitrogen and oxygen atoms in total. The van der Waals surface area contributed by atoms with Gasteiger partial charge in [-0.2, -0.15) is 0 Å². The number of aryl methyl sites for hydroxylation is 1. The summed E-state index contributed by atoms with van der Waals surface area (Å²) in [6.45, 7) is 2.83. The average molecular weight is 345 g/mol. The summed E-state index contributed by atoms with van der Waals surface area (Å²) in [5, 5.41) is 7.52. The number of likely N-dealkylation sites (tertiary alicyclic amines) is 2. The molecule has 25 heavy (non-hydrogen) atoms. The zero-order valence-corrected chi connectivity index (χ0v) is 14.8. The maximum atomic E-state index is 13.2. The number of piperidine rings is 1. The molecule has 3 heterocycles. The Labute approximate surface area is 148 Å². The highest BCUT2D eigenvalue weighted by atomic mass is 16.2. The van der Waals surface area contributed by atoms with E-state index in [-0.39, 0.29) is 11.3 Å². The molecule has 7 heteroatoms. The molecule has 1 aromatic rings. The minimum Gasteiger partial charge on any atom is -0.342 e. The Kier molecular flexibility index (Phi) is 4.48. The van der Waals surface area contributed by atoms with Crippen LogP contribution in [0.2, 0.25) is 0 Å². The first-order valence-corrected chi connectivity index (χ1v) is 9.59. The van der Waals surface area contributed by atoms with Crippen molar-refractivity contribution in [3.8, 4) is 0 Å². The number of nitrogens with zero attached hydrogens (tertiary/aromatic N) is 5. The minimum atomic E-state index is -0.312. The van der Waals surface area contributed by atoms with Crippen LogP contribution in [-0.2, 0) is 16.1 Å². The van der Waals surface area contributed by atoms with Gasteiger partial charge in [0.2, 0.25) is 11.8 Å². The number of rotatable bonds is 4. The molecule has 2 saturated heterocycles. The molecule has 1 spiro atoms. The molecule has 2 amide bonds. The van der Waals surface area contributed by atoms with Gasteiger partial charge in [0.15, 0.2) is 0 Å². The smallest absolute Gasteiger partial charge is 0.230 e. The van der Waals surface area contributed by atoms with Gasteiger partial charge in [-0.05, 0) is 32.1 Å². The average Bonchev–Trinajstić information content (AvgIpc) is 3.38. The van der Waals surface area contributed by atoms with E-state index >= 15 is 0 Å². The minimum absolute atomic E-state index is 0.136. The third kappa shape index (κ3) is 3.16. The highest BCUT2D eigenvalue weighted by Crippen LogP contribution is 2.42. The first kappa shape index (κ1) is 16.5. The molecule has 4 rings (SSSR count). The molecule has 0 unspecified atom stereocenters. The molecule has 3 fully saturated rings. The number of hydrogen-bond donors (Lipinski definition) is 0. The molecular formula is C18H27N5O2. The summed E-state index contributed by atoms with van der Waals surface area (Å²) in [6, 6.07) is 0.447. The van der Waals surface area contributed by atoms with E-state index in [9.17, 15) is 9.59 Å². The molecular weight excluding hydrogens is 318 g/mol. The van der Waals surface area contributed by atoms with E-state index in [1.807, 2.05) is 9.47 Å². The van der Waals surface area contributed by atoms with E-state index in [0.29, 0.717) is 38.0 Å². The molecule has 1 aromatic heterocycles. The summed E-state index contributed by atoms with van der Waals surface area (Å²) in [7, 11) is 0. The molecule has 0 radical (unpaired) electrons. The van der Waals surface area contributed by atoms with Gasteiger partial charge >= 0.3 is 0 Å². The SMILES string of the molecule is O=C(CCn1cnnc1)N1CC[C@]2(CCCN(C3CCCC3)C2=O)C1. The van der Waals surface area contributed by atoms with E-state index in [1.54, 1.807) is 12.7 Å². The summed E-state index contributed by atoms with van der Waals surface area (Å²) in [6.07, 6.45) is 11.3. The highest BCUT2D eigenvalue weighted by Gasteiger charge is 2.50. The van der Waals surface area contributed by atoms with Crippen LogP contribution >= 0.6 is 0 Å². The normalized spacial score (nSPS) is 27.6. The largest absolute Gasteiger partial charge is 0.342 e. The fourth-order valence-corrected chi connectivity index (χ4v) is 4.85. The van der Waals surface area contributed by atoms with Crippen molar-refractivity contribution < 1.29 is 9.59 Å². The summed E-state index contributed by atoms with van der Waals surface area (Å²) in [5.41, 5.74) is -0.312. The van der Waals surface area contributed by atoms with Gasteiger partial charge in [-0.1, -0.05) is 12.8 Å². The predicted molar refractivity (Wildman–Crippen MR) is 91.5 cm³/mol. The molecule has 0 N–H and O–H groups in total. The van der Waals surface area contributed by atoms with Crippen LogP contribution in [0.25, 0.3) is 0 Å². The molecule has 1 atom stereocenters. The van der Waals surface area contributed by atoms with Crippen molar-refractivity contribution >= 4 is 11.8 Å². The molecule has 0 bridgehead atoms. The van der Waals surface area contributed by atoms with Crippen molar-refractivity contribution in [2.45, 2.75) is 64.0 Å². The molecule has 3 aliphatic rings. The lowest BCUT2D eigenvalue weighted by Crippen LogP contribution is -2.53. The topological polar surface area (TPSA) is 71.3 Å². The third-order valence-corrected chi connectivity index (χ3v) is 6.29. The lowest BCUT2D eigenvalue weighted by molar-refractivity contribution is -0.148. The van der Waals surface area contributed by atoms with Crippen molar-refractivity contribution in [3.05, 3.63) is 12.7 Å². The number of carbonyl (C=O) groups is 2. The quantitative estimate of drug-likeness (QED) is 0.828. The van der Waals surface area contributed by atoms with Gasteiger partial charge in [-0.15, -0.1) is 10.2 Å². The second-order valence-corrected chi connectivity index (χ2v) is 7.84. The van der Waals surface area contributed by atoms with Gasteiger partial charge in [-0.3, -0.25) is 9.59 Å². The number of carbonyl (C=O) groups excluding carboxylic acids is 2. The van der Waals surface area contributed by atoms with Crippen molar-refractivity contribution in [2.24, 2.45) is 5.41 Å². The Morgan fingerprint density at radius 2 is 1.88 bits per heavy atom. The van der Waals surface area contributed by atoms with Gasteiger partial charge in [0.05, 0.1) is 5.41 Å². The van der Waals surface area contributed by atoms with E-state index in [1.165, 1.54) is 12.8 Å². The van der Waals surface area contributed by atoms with Crippen molar-refractivity contribution in [1.29, 1.82) is 0 Å². The molecule has 0 aromatic carbocycles. The standard InChI is InChI=1S/C18H27N5O2/c24-16(6-10-21-13-19-20-14-21)22-11-8-18(12-22)7-3-9-23(17(18)25)15-4-1-2-5-15/h13-15H,1-12H2/t18-/m1/s1. The summed E-state index contributed by atoms with van der Waals surface area (Å²) in [5.74, 6) is 0.455. The van der Waals surface area contributed by atoms with Crippen LogP contribution in [0.1, 0.15) is 51.4 Å². The van der Waals surface area contributed by atoms with E-state index < -0.39 is 0 Å². The van der Waals surface area contributed by atoms with Crippen LogP contribution in [0.4, 0.5) is 0 Å². The maximum Gasteiger partial charge on any atom is 0.230 e. The van der Waals surface area contributed by atoms with Crippen LogP contribution in [0, 0.1) is 5.41 Å². The van der Waals surface area contributed by atoms with Crippen molar-refractivity contribution in [1.82, 2.24) is 24.6 Å². The van der Waals surface area contributed by atoms with E-state index in [4.69, 9.17) is 0 Å². The zero-order chi connectivity index (χ0) is 17.3. The highest BCUT2D eigenvalue weighted by molar-refractivity contribution is 5.86. The molecule has 2 aliphatic heterocycles. The van der Waals surface area contributed by atoms with Crippen LogP contribution in [0.3, 0.4) is 0 Å². The summed E-state index contributed by atoms with van der Waals surface area (Å²) < 4.78 is 1.82. The Morgan fingerprint density at radius 1 is 1.12 bits per heavy atom. The Bertz CT molecular complexity index is 625. The van der Waals surface area contributed by atoms with Gasteiger partial charge in [-0.25, -0.2) is 0 Å². The third-order valence-electron chi connectivity index (χ3n) is 6.29. The lowest BCUT2D eigenvalue weighted by atomic mass is 9.77. The Hall–Kier alpha value is -1.92. The zero-order valence-electron chi connectivity index (χ0n) is 14.8. The van der Waals surface area contributed by atoms with Gasteiger partial charge < -0.3 is 14.4 Å². The van der Waals surface area contributed by atoms with Crippen LogP contribution in [-0.4, -0.2) is 62.1 Å². The number of aromatic nitrogens is 3. The predicted octanol–water partition coefficient (Wildman–Crippen LogP) is 1.45. The maximum absolute atomic E-state index is 13.2. The summed E-state index contributed by atoms with van der Waals surface area (Å²) >= 11 is 0. The second kappa shape index (κ2) is 6.77. The second-order valence-electron chi connectivity index (χ2n) is 7.84. The van der Waals surface area contributed by atoms with Crippen LogP contribution in [0.15, 0.2) is 12.7 Å². The Morgan fingerprint density at radius 3 is 2.64 bits per heavy atom. The van der Waals surface area contributed by atoms with Crippen LogP contribution < -0.4 is 0 Å². The van der Waals surface area contributed by atoms with Crippen molar-refractivity contribution in [2.75, 3.05) is 19.6 Å². The van der Waals surface area contributed by atoms with E-state index in [0.717, 1.165) is 38.6 Å². The monoisotopic (exact) mass is 345 g/mol. The molecule has 136 valence electrons. The van der Waals surface area contributed by atoms with Crippen molar-refractivity contribution in [3.63, 3.8) is 0 Å². The lowest BCUT2D eigenvalue weighted by Gasteiger charge is -2.42. The molecule has 1 saturated carbocycles. The first-order valence-electron chi connectivity index (χ1n) is 9.59. The fourth-order valence-electron chi connectivity index (χ4n) is 4.85. The van der Waals surface area contributed by atoms with Gasteiger partial charge in [0.1, 0.15) is 12.7 Å². The number of hydrogen-bond acceptors (Lipinski definition) is 4. The van der Waals surface area contributed by atoms with Crippen LogP contribution in [0.5, 0.6) is 0 Å². The van der Waals surface area contributed by atoms with Gasteiger partial charge in [0.25, 0.3) is 0 Å². The Balaban J connectivity index is 1.38. The number of amides is 2. The summed E-state index contributed by atoms with van der Waals surface area (Å²) in [4.78, 5) is 29.8.